The highest BCUT2D eigenvalue weighted by molar-refractivity contribution is 6.35. The molecule has 1 amide bonds. The lowest BCUT2D eigenvalue weighted by Gasteiger charge is -2.09. The number of hydrogen-bond acceptors (Lipinski definition) is 4. The van der Waals surface area contributed by atoms with E-state index in [1.807, 2.05) is 24.3 Å². The van der Waals surface area contributed by atoms with Crippen LogP contribution in [0, 0.1) is 0 Å². The second-order valence-electron chi connectivity index (χ2n) is 5.21. The maximum absolute atomic E-state index is 11.8. The molecule has 0 aliphatic carbocycles. The van der Waals surface area contributed by atoms with Gasteiger partial charge in [0.25, 0.3) is 0 Å². The molecule has 0 unspecified atom stereocenters. The second-order valence-corrected chi connectivity index (χ2v) is 6.08. The predicted octanol–water partition coefficient (Wildman–Crippen LogP) is 4.00. The van der Waals surface area contributed by atoms with Crippen molar-refractivity contribution >= 4 is 34.8 Å². The molecular formula is C18H20Cl2N2O3. The average Bonchev–Trinajstić information content (AvgIpc) is 2.58. The van der Waals surface area contributed by atoms with Gasteiger partial charge < -0.3 is 20.1 Å². The summed E-state index contributed by atoms with van der Waals surface area (Å²) in [6.45, 7) is 1.32. The van der Waals surface area contributed by atoms with Crippen molar-refractivity contribution in [3.8, 4) is 11.5 Å². The van der Waals surface area contributed by atoms with Gasteiger partial charge in [0, 0.05) is 28.7 Å². The molecule has 0 bridgehead atoms. The minimum absolute atomic E-state index is 0.0565. The first-order chi connectivity index (χ1) is 12.1. The molecule has 5 nitrogen and oxygen atoms in total. The van der Waals surface area contributed by atoms with Gasteiger partial charge in [-0.05, 0) is 42.5 Å². The summed E-state index contributed by atoms with van der Waals surface area (Å²) in [4.78, 5) is 11.8. The minimum Gasteiger partial charge on any atom is -0.497 e. The van der Waals surface area contributed by atoms with Gasteiger partial charge in [-0.1, -0.05) is 23.2 Å². The van der Waals surface area contributed by atoms with Gasteiger partial charge >= 0.3 is 0 Å². The molecule has 134 valence electrons. The number of ether oxygens (including phenoxy) is 2. The summed E-state index contributed by atoms with van der Waals surface area (Å²) in [5.41, 5.74) is 0.785. The van der Waals surface area contributed by atoms with E-state index in [1.54, 1.807) is 25.3 Å². The van der Waals surface area contributed by atoms with Gasteiger partial charge in [-0.15, -0.1) is 0 Å². The van der Waals surface area contributed by atoms with E-state index in [-0.39, 0.29) is 5.91 Å². The zero-order valence-electron chi connectivity index (χ0n) is 13.9. The van der Waals surface area contributed by atoms with Gasteiger partial charge in [-0.25, -0.2) is 0 Å². The summed E-state index contributed by atoms with van der Waals surface area (Å²) < 4.78 is 10.6. The molecule has 0 fully saturated rings. The predicted molar refractivity (Wildman–Crippen MR) is 101 cm³/mol. The summed E-state index contributed by atoms with van der Waals surface area (Å²) in [5, 5.41) is 7.02. The summed E-state index contributed by atoms with van der Waals surface area (Å²) in [6.07, 6.45) is 0.340. The Kier molecular flexibility index (Phi) is 7.70. The quantitative estimate of drug-likeness (QED) is 0.643. The number of halogens is 2. The Morgan fingerprint density at radius 3 is 2.28 bits per heavy atom. The molecule has 7 heteroatoms. The van der Waals surface area contributed by atoms with E-state index in [2.05, 4.69) is 10.6 Å². The number of amides is 1. The van der Waals surface area contributed by atoms with E-state index in [4.69, 9.17) is 32.7 Å². The van der Waals surface area contributed by atoms with E-state index in [0.717, 1.165) is 17.2 Å². The topological polar surface area (TPSA) is 59.6 Å². The number of hydrogen-bond donors (Lipinski definition) is 2. The Morgan fingerprint density at radius 2 is 1.64 bits per heavy atom. The third kappa shape index (κ3) is 7.11. The number of carbonyl (C=O) groups is 1. The van der Waals surface area contributed by atoms with Crippen molar-refractivity contribution in [2.24, 2.45) is 0 Å². The fraction of sp³-hybridized carbons (Fsp3) is 0.278. The smallest absolute Gasteiger partial charge is 0.221 e. The number of nitrogens with one attached hydrogen (secondary N) is 2. The molecule has 0 spiro atoms. The van der Waals surface area contributed by atoms with Gasteiger partial charge in [-0.3, -0.25) is 4.79 Å². The van der Waals surface area contributed by atoms with Crippen LogP contribution in [0.1, 0.15) is 6.42 Å². The minimum atomic E-state index is -0.0565. The molecule has 0 aromatic heterocycles. The summed E-state index contributed by atoms with van der Waals surface area (Å²) >= 11 is 11.8. The normalized spacial score (nSPS) is 10.2. The Labute approximate surface area is 157 Å². The number of benzene rings is 2. The molecule has 0 saturated carbocycles. The Bertz CT molecular complexity index is 673. The average molecular weight is 383 g/mol. The molecule has 2 aromatic rings. The van der Waals surface area contributed by atoms with Crippen molar-refractivity contribution < 1.29 is 14.3 Å². The van der Waals surface area contributed by atoms with E-state index in [9.17, 15) is 4.79 Å². The van der Waals surface area contributed by atoms with Crippen molar-refractivity contribution in [3.05, 3.63) is 52.5 Å². The molecule has 0 atom stereocenters. The van der Waals surface area contributed by atoms with E-state index >= 15 is 0 Å². The summed E-state index contributed by atoms with van der Waals surface area (Å²) in [7, 11) is 1.61. The van der Waals surface area contributed by atoms with Crippen LogP contribution in [0.4, 0.5) is 5.69 Å². The molecule has 2 rings (SSSR count). The Morgan fingerprint density at radius 1 is 1.00 bits per heavy atom. The molecule has 2 N–H and O–H groups in total. The number of carbonyl (C=O) groups excluding carboxylic acids is 1. The van der Waals surface area contributed by atoms with Crippen LogP contribution < -0.4 is 20.1 Å². The number of methoxy groups -OCH3 is 1. The zero-order chi connectivity index (χ0) is 18.1. The number of rotatable bonds is 9. The highest BCUT2D eigenvalue weighted by atomic mass is 35.5. The van der Waals surface area contributed by atoms with Gasteiger partial charge in [-0.2, -0.15) is 0 Å². The highest BCUT2D eigenvalue weighted by Gasteiger charge is 2.02. The zero-order valence-corrected chi connectivity index (χ0v) is 15.4. The lowest BCUT2D eigenvalue weighted by atomic mass is 10.3. The third-order valence-corrected chi connectivity index (χ3v) is 3.73. The van der Waals surface area contributed by atoms with Crippen LogP contribution >= 0.6 is 23.2 Å². The lowest BCUT2D eigenvalue weighted by molar-refractivity contribution is -0.120. The second kappa shape index (κ2) is 10.0. The van der Waals surface area contributed by atoms with Crippen molar-refractivity contribution in [2.75, 3.05) is 32.1 Å². The molecule has 0 radical (unpaired) electrons. The van der Waals surface area contributed by atoms with Crippen LogP contribution in [0.15, 0.2) is 42.5 Å². The van der Waals surface area contributed by atoms with E-state index in [1.165, 1.54) is 0 Å². The van der Waals surface area contributed by atoms with Crippen LogP contribution in [-0.4, -0.2) is 32.7 Å². The summed E-state index contributed by atoms with van der Waals surface area (Å²) in [6, 6.07) is 12.5. The molecule has 0 aliphatic heterocycles. The van der Waals surface area contributed by atoms with Crippen LogP contribution in [0.25, 0.3) is 0 Å². The van der Waals surface area contributed by atoms with Crippen LogP contribution in [-0.2, 0) is 4.79 Å². The fourth-order valence-corrected chi connectivity index (χ4v) is 2.62. The monoisotopic (exact) mass is 382 g/mol. The van der Waals surface area contributed by atoms with Crippen LogP contribution in [0.5, 0.6) is 11.5 Å². The van der Waals surface area contributed by atoms with Crippen molar-refractivity contribution in [3.63, 3.8) is 0 Å². The molecule has 25 heavy (non-hydrogen) atoms. The van der Waals surface area contributed by atoms with Gasteiger partial charge in [0.2, 0.25) is 5.91 Å². The fourth-order valence-electron chi connectivity index (χ4n) is 2.10. The van der Waals surface area contributed by atoms with Gasteiger partial charge in [0.1, 0.15) is 18.1 Å². The lowest BCUT2D eigenvalue weighted by Crippen LogP contribution is -2.29. The Balaban J connectivity index is 1.60. The number of anilines is 1. The first-order valence-electron chi connectivity index (χ1n) is 7.80. The maximum Gasteiger partial charge on any atom is 0.221 e. The molecule has 0 heterocycles. The molecule has 2 aromatic carbocycles. The SMILES string of the molecule is COc1ccc(OCCNC(=O)CCNc2cc(Cl)cc(Cl)c2)cc1. The largest absolute Gasteiger partial charge is 0.497 e. The van der Waals surface area contributed by atoms with Crippen molar-refractivity contribution in [2.45, 2.75) is 6.42 Å². The Hall–Kier alpha value is -2.11. The molecule has 0 aliphatic rings. The van der Waals surface area contributed by atoms with Crippen LogP contribution in [0.2, 0.25) is 10.0 Å². The highest BCUT2D eigenvalue weighted by Crippen LogP contribution is 2.22. The van der Waals surface area contributed by atoms with Crippen molar-refractivity contribution in [1.82, 2.24) is 5.32 Å². The maximum atomic E-state index is 11.8. The van der Waals surface area contributed by atoms with Crippen molar-refractivity contribution in [1.29, 1.82) is 0 Å². The van der Waals surface area contributed by atoms with Gasteiger partial charge in [0.15, 0.2) is 0 Å². The van der Waals surface area contributed by atoms with Gasteiger partial charge in [0.05, 0.1) is 13.7 Å². The third-order valence-electron chi connectivity index (χ3n) is 3.30. The molecule has 0 saturated heterocycles. The first kappa shape index (κ1) is 19.2. The summed E-state index contributed by atoms with van der Waals surface area (Å²) in [5.74, 6) is 1.45. The standard InChI is InChI=1S/C18H20Cl2N2O3/c1-24-16-2-4-17(5-3-16)25-9-8-22-18(23)6-7-21-15-11-13(19)10-14(20)12-15/h2-5,10-12,21H,6-9H2,1H3,(H,22,23). The van der Waals surface area contributed by atoms with E-state index < -0.39 is 0 Å². The first-order valence-corrected chi connectivity index (χ1v) is 8.56. The van der Waals surface area contributed by atoms with E-state index in [0.29, 0.717) is 36.2 Å². The molecular weight excluding hydrogens is 363 g/mol. The van der Waals surface area contributed by atoms with Crippen LogP contribution in [0.3, 0.4) is 0 Å².